The quantitative estimate of drug-likeness (QED) is 0.302. The van der Waals surface area contributed by atoms with Crippen molar-refractivity contribution in [2.24, 2.45) is 0 Å². The van der Waals surface area contributed by atoms with Crippen molar-refractivity contribution in [2.45, 2.75) is 56.4 Å². The van der Waals surface area contributed by atoms with Crippen molar-refractivity contribution in [3.63, 3.8) is 0 Å². The number of hydrogen-bond donors (Lipinski definition) is 2. The Morgan fingerprint density at radius 3 is 2.82 bits per heavy atom. The fourth-order valence-electron chi connectivity index (χ4n) is 7.59. The van der Waals surface area contributed by atoms with E-state index in [-0.39, 0.29) is 75.9 Å². The van der Waals surface area contributed by atoms with Gasteiger partial charge < -0.3 is 24.8 Å². The van der Waals surface area contributed by atoms with Crippen molar-refractivity contribution in [3.8, 4) is 28.9 Å². The molecule has 0 amide bonds. The van der Waals surface area contributed by atoms with Gasteiger partial charge in [-0.1, -0.05) is 13.0 Å². The molecule has 4 atom stereocenters. The topological polar surface area (TPSA) is 95.9 Å². The second-order valence-corrected chi connectivity index (χ2v) is 12.6. The molecule has 6 heterocycles. The third kappa shape index (κ3) is 4.53. The molecule has 236 valence electrons. The standard InChI is InChI=1S/C32H32F4N6O3/c1-2-18-13-42-19(11-37-18)14-44-30-24-28(39-31(40-29(24)42)45-15-32-6-3-7-41(32)12-17(33)10-32)26(36)27(38-30)21-9-20(43)8-16-4-5-22(34)25(35)23(16)21/h4-5,8-9,17-19,37,43H,2-3,6-7,10-15H2,1H3/t17-,18?,19+,32+/m0/s1. The van der Waals surface area contributed by atoms with Crippen molar-refractivity contribution in [1.29, 1.82) is 0 Å². The minimum absolute atomic E-state index is 0.0373. The molecule has 4 aliphatic heterocycles. The fraction of sp³-hybridized carbons (Fsp3) is 0.469. The number of hydrogen-bond acceptors (Lipinski definition) is 9. The molecule has 8 rings (SSSR count). The highest BCUT2D eigenvalue weighted by molar-refractivity contribution is 6.02. The Morgan fingerprint density at radius 1 is 1.11 bits per heavy atom. The van der Waals surface area contributed by atoms with Crippen LogP contribution >= 0.6 is 0 Å². The lowest BCUT2D eigenvalue weighted by Crippen LogP contribution is -2.58. The van der Waals surface area contributed by atoms with Crippen LogP contribution in [0.25, 0.3) is 32.9 Å². The number of phenolic OH excluding ortho intramolecular Hbond substituents is 1. The maximum atomic E-state index is 16.8. The van der Waals surface area contributed by atoms with Crippen LogP contribution in [0.3, 0.4) is 0 Å². The number of phenols is 1. The number of alkyl halides is 1. The van der Waals surface area contributed by atoms with Crippen molar-refractivity contribution in [2.75, 3.05) is 44.3 Å². The summed E-state index contributed by atoms with van der Waals surface area (Å²) < 4.78 is 73.3. The van der Waals surface area contributed by atoms with Crippen molar-refractivity contribution >= 4 is 27.5 Å². The molecule has 0 aliphatic carbocycles. The number of piperazine rings is 1. The molecule has 0 saturated carbocycles. The van der Waals surface area contributed by atoms with Gasteiger partial charge in [-0.3, -0.25) is 4.90 Å². The number of nitrogens with zero attached hydrogens (tertiary/aromatic N) is 5. The predicted octanol–water partition coefficient (Wildman–Crippen LogP) is 4.87. The van der Waals surface area contributed by atoms with Gasteiger partial charge in [-0.25, -0.2) is 22.5 Å². The Balaban J connectivity index is 1.32. The van der Waals surface area contributed by atoms with Gasteiger partial charge in [0.1, 0.15) is 47.5 Å². The lowest BCUT2D eigenvalue weighted by atomic mass is 9.95. The molecule has 0 spiro atoms. The number of benzene rings is 2. The largest absolute Gasteiger partial charge is 0.508 e. The minimum Gasteiger partial charge on any atom is -0.508 e. The third-order valence-corrected chi connectivity index (χ3v) is 9.87. The summed E-state index contributed by atoms with van der Waals surface area (Å²) >= 11 is 0. The molecule has 4 aliphatic rings. The van der Waals surface area contributed by atoms with E-state index in [2.05, 4.69) is 32.0 Å². The van der Waals surface area contributed by atoms with E-state index in [1.807, 2.05) is 0 Å². The first-order valence-electron chi connectivity index (χ1n) is 15.4. The number of ether oxygens (including phenoxy) is 2. The predicted molar refractivity (Wildman–Crippen MR) is 159 cm³/mol. The fourth-order valence-corrected chi connectivity index (χ4v) is 7.59. The Bertz CT molecular complexity index is 1850. The second-order valence-electron chi connectivity index (χ2n) is 12.6. The first-order valence-corrected chi connectivity index (χ1v) is 15.4. The normalized spacial score (nSPS) is 26.2. The Morgan fingerprint density at radius 2 is 1.98 bits per heavy atom. The maximum Gasteiger partial charge on any atom is 0.319 e. The van der Waals surface area contributed by atoms with E-state index < -0.39 is 29.2 Å². The van der Waals surface area contributed by atoms with Crippen LogP contribution in [0.15, 0.2) is 24.3 Å². The number of anilines is 1. The van der Waals surface area contributed by atoms with Crippen LogP contribution in [0.5, 0.6) is 17.6 Å². The Hall–Kier alpha value is -3.97. The average Bonchev–Trinajstić information content (AvgIpc) is 3.51. The molecule has 45 heavy (non-hydrogen) atoms. The average molecular weight is 625 g/mol. The van der Waals surface area contributed by atoms with Crippen molar-refractivity contribution < 1.29 is 32.1 Å². The van der Waals surface area contributed by atoms with Gasteiger partial charge in [0.15, 0.2) is 17.5 Å². The maximum absolute atomic E-state index is 16.8. The van der Waals surface area contributed by atoms with Crippen molar-refractivity contribution in [1.82, 2.24) is 25.2 Å². The minimum atomic E-state index is -1.19. The number of nitrogens with one attached hydrogen (secondary N) is 1. The number of aromatic nitrogens is 3. The van der Waals surface area contributed by atoms with Gasteiger partial charge in [0.2, 0.25) is 5.88 Å². The molecule has 2 N–H and O–H groups in total. The monoisotopic (exact) mass is 624 g/mol. The molecule has 2 aromatic carbocycles. The molecule has 0 bridgehead atoms. The van der Waals surface area contributed by atoms with Gasteiger partial charge in [-0.2, -0.15) is 9.97 Å². The lowest BCUT2D eigenvalue weighted by Gasteiger charge is -2.39. The van der Waals surface area contributed by atoms with E-state index in [1.54, 1.807) is 0 Å². The Labute approximate surface area is 256 Å². The summed E-state index contributed by atoms with van der Waals surface area (Å²) in [5, 5.41) is 14.2. The van der Waals surface area contributed by atoms with E-state index in [0.29, 0.717) is 31.9 Å². The highest BCUT2D eigenvalue weighted by Crippen LogP contribution is 2.44. The molecule has 0 radical (unpaired) electrons. The number of fused-ring (bicyclic) bond motifs is 4. The molecular weight excluding hydrogens is 592 g/mol. The van der Waals surface area contributed by atoms with E-state index in [1.165, 1.54) is 12.1 Å². The van der Waals surface area contributed by atoms with Gasteiger partial charge in [-0.05, 0) is 49.4 Å². The van der Waals surface area contributed by atoms with Gasteiger partial charge >= 0.3 is 6.01 Å². The van der Waals surface area contributed by atoms with E-state index in [4.69, 9.17) is 14.5 Å². The summed E-state index contributed by atoms with van der Waals surface area (Å²) in [4.78, 5) is 18.0. The second kappa shape index (κ2) is 10.5. The molecular formula is C32H32F4N6O3. The molecule has 1 unspecified atom stereocenters. The molecule has 9 nitrogen and oxygen atoms in total. The Kier molecular flexibility index (Phi) is 6.68. The summed E-state index contributed by atoms with van der Waals surface area (Å²) in [6.07, 6.45) is 1.96. The molecule has 3 fully saturated rings. The van der Waals surface area contributed by atoms with Gasteiger partial charge in [-0.15, -0.1) is 0 Å². The lowest BCUT2D eigenvalue weighted by molar-refractivity contribution is 0.107. The van der Waals surface area contributed by atoms with E-state index in [0.717, 1.165) is 37.9 Å². The summed E-state index contributed by atoms with van der Waals surface area (Å²) in [7, 11) is 0. The van der Waals surface area contributed by atoms with Crippen LogP contribution in [0, 0.1) is 17.5 Å². The van der Waals surface area contributed by atoms with Gasteiger partial charge in [0.25, 0.3) is 0 Å². The van der Waals surface area contributed by atoms with Crippen LogP contribution in [0.2, 0.25) is 0 Å². The summed E-state index contributed by atoms with van der Waals surface area (Å²) in [6.45, 7) is 4.71. The van der Waals surface area contributed by atoms with Crippen LogP contribution in [-0.2, 0) is 0 Å². The SMILES string of the molecule is CCC1CN2c3nc(OC[C@]45CCCN4C[C@@H](F)C5)nc4c(F)c(-c5cc(O)cc6ccc(F)c(F)c56)nc(c34)OC[C@H]2CN1. The highest BCUT2D eigenvalue weighted by atomic mass is 19.2. The third-order valence-electron chi connectivity index (χ3n) is 9.87. The smallest absolute Gasteiger partial charge is 0.319 e. The molecule has 13 heteroatoms. The first-order chi connectivity index (χ1) is 21.7. The van der Waals surface area contributed by atoms with Crippen LogP contribution in [0.4, 0.5) is 23.4 Å². The summed E-state index contributed by atoms with van der Waals surface area (Å²) in [5.41, 5.74) is -1.15. The van der Waals surface area contributed by atoms with Gasteiger partial charge in [0.05, 0.1) is 11.6 Å². The highest BCUT2D eigenvalue weighted by Gasteiger charge is 2.49. The molecule has 4 aromatic rings. The van der Waals surface area contributed by atoms with E-state index >= 15 is 8.78 Å². The number of rotatable bonds is 5. The van der Waals surface area contributed by atoms with E-state index in [9.17, 15) is 13.9 Å². The summed E-state index contributed by atoms with van der Waals surface area (Å²) in [5.74, 6) is -3.08. The number of halogens is 4. The van der Waals surface area contributed by atoms with Crippen LogP contribution in [-0.4, -0.2) is 88.1 Å². The number of aromatic hydroxyl groups is 1. The number of pyridine rings is 1. The summed E-state index contributed by atoms with van der Waals surface area (Å²) in [6, 6.07) is 4.57. The van der Waals surface area contributed by atoms with Gasteiger partial charge in [0, 0.05) is 43.0 Å². The molecule has 2 aromatic heterocycles. The molecule has 3 saturated heterocycles. The first kappa shape index (κ1) is 28.5. The van der Waals surface area contributed by atoms with Crippen LogP contribution in [0.1, 0.15) is 32.6 Å². The zero-order chi connectivity index (χ0) is 31.0. The van der Waals surface area contributed by atoms with Crippen molar-refractivity contribution in [3.05, 3.63) is 41.7 Å². The zero-order valence-corrected chi connectivity index (χ0v) is 24.6. The zero-order valence-electron chi connectivity index (χ0n) is 24.6. The van der Waals surface area contributed by atoms with Crippen LogP contribution < -0.4 is 19.7 Å².